The van der Waals surface area contributed by atoms with Gasteiger partial charge in [0, 0.05) is 18.7 Å². The average molecular weight is 455 g/mol. The van der Waals surface area contributed by atoms with Crippen LogP contribution in [-0.4, -0.2) is 52.5 Å². The second-order valence-electron chi connectivity index (χ2n) is 9.25. The van der Waals surface area contributed by atoms with Crippen LogP contribution in [-0.2, 0) is 16.0 Å². The van der Waals surface area contributed by atoms with Gasteiger partial charge in [0.1, 0.15) is 16.8 Å². The first-order valence-corrected chi connectivity index (χ1v) is 10.8. The predicted octanol–water partition coefficient (Wildman–Crippen LogP) is 2.84. The fraction of sp³-hybridized carbons (Fsp3) is 0.417. The lowest BCUT2D eigenvalue weighted by Crippen LogP contribution is -2.46. The van der Waals surface area contributed by atoms with Crippen LogP contribution >= 0.6 is 0 Å². The summed E-state index contributed by atoms with van der Waals surface area (Å²) in [6.45, 7) is 8.29. The van der Waals surface area contributed by atoms with Gasteiger partial charge in [0.15, 0.2) is 0 Å². The first-order valence-electron chi connectivity index (χ1n) is 10.8. The molecule has 0 saturated carbocycles. The zero-order chi connectivity index (χ0) is 24.1. The maximum atomic E-state index is 12.6. The van der Waals surface area contributed by atoms with Crippen LogP contribution in [0.5, 0.6) is 5.75 Å². The molecule has 0 atom stereocenters. The number of carbonyl (C=O) groups is 2. The summed E-state index contributed by atoms with van der Waals surface area (Å²) in [5.74, 6) is -0.161. The standard InChI is InChI=1S/C24H30N4O5/c1-23(2,22(31)25-12-11-16-5-8-18(29)9-6-16)15-32-24(3,4)14-26-21(30)17-7-10-19-20(13-17)28-33-27-19/h5-10,13,29H,11-12,14-15H2,1-4H3,(H,25,31)(H,26,30). The molecule has 9 nitrogen and oxygen atoms in total. The maximum absolute atomic E-state index is 12.6. The van der Waals surface area contributed by atoms with Gasteiger partial charge in [0.05, 0.1) is 17.6 Å². The Morgan fingerprint density at radius 3 is 2.42 bits per heavy atom. The summed E-state index contributed by atoms with van der Waals surface area (Å²) in [7, 11) is 0. The van der Waals surface area contributed by atoms with E-state index in [1.54, 1.807) is 30.3 Å². The number of phenols is 1. The van der Waals surface area contributed by atoms with E-state index in [1.165, 1.54) is 0 Å². The molecule has 2 amide bonds. The second-order valence-corrected chi connectivity index (χ2v) is 9.25. The smallest absolute Gasteiger partial charge is 0.251 e. The van der Waals surface area contributed by atoms with Crippen molar-refractivity contribution in [1.82, 2.24) is 20.9 Å². The van der Waals surface area contributed by atoms with Gasteiger partial charge in [-0.05, 0) is 80.3 Å². The number of fused-ring (bicyclic) bond motifs is 1. The van der Waals surface area contributed by atoms with Gasteiger partial charge in [0.25, 0.3) is 5.91 Å². The molecular formula is C24H30N4O5. The molecule has 9 heteroatoms. The number of aromatic hydroxyl groups is 1. The fourth-order valence-corrected chi connectivity index (χ4v) is 3.03. The molecule has 3 aromatic rings. The molecule has 3 rings (SSSR count). The molecule has 0 unspecified atom stereocenters. The van der Waals surface area contributed by atoms with Crippen LogP contribution in [0.1, 0.15) is 43.6 Å². The first-order chi connectivity index (χ1) is 15.6. The van der Waals surface area contributed by atoms with Gasteiger partial charge in [0.2, 0.25) is 5.91 Å². The minimum atomic E-state index is -0.749. The molecule has 0 spiro atoms. The van der Waals surface area contributed by atoms with Crippen molar-refractivity contribution in [2.45, 2.75) is 39.7 Å². The third kappa shape index (κ3) is 6.76. The molecule has 0 radical (unpaired) electrons. The van der Waals surface area contributed by atoms with Crippen LogP contribution in [0.4, 0.5) is 0 Å². The fourth-order valence-electron chi connectivity index (χ4n) is 3.03. The number of nitrogens with one attached hydrogen (secondary N) is 2. The van der Waals surface area contributed by atoms with Crippen molar-refractivity contribution in [3.8, 4) is 5.75 Å². The van der Waals surface area contributed by atoms with Crippen LogP contribution in [0.3, 0.4) is 0 Å². The highest BCUT2D eigenvalue weighted by Gasteiger charge is 2.31. The minimum absolute atomic E-state index is 0.115. The molecule has 1 heterocycles. The van der Waals surface area contributed by atoms with Gasteiger partial charge < -0.3 is 20.5 Å². The molecule has 0 bridgehead atoms. The van der Waals surface area contributed by atoms with Crippen LogP contribution in [0.15, 0.2) is 47.1 Å². The lowest BCUT2D eigenvalue weighted by molar-refractivity contribution is -0.136. The quantitative estimate of drug-likeness (QED) is 0.430. The number of hydrogen-bond acceptors (Lipinski definition) is 7. The third-order valence-corrected chi connectivity index (χ3v) is 5.26. The highest BCUT2D eigenvalue weighted by molar-refractivity contribution is 5.97. The molecule has 0 aliphatic heterocycles. The Hall–Kier alpha value is -3.46. The number of hydrogen-bond donors (Lipinski definition) is 3. The molecule has 176 valence electrons. The summed E-state index contributed by atoms with van der Waals surface area (Å²) in [4.78, 5) is 25.1. The van der Waals surface area contributed by atoms with Crippen molar-refractivity contribution in [3.63, 3.8) is 0 Å². The van der Waals surface area contributed by atoms with E-state index in [4.69, 9.17) is 4.74 Å². The van der Waals surface area contributed by atoms with Gasteiger partial charge in [-0.25, -0.2) is 4.63 Å². The number of nitrogens with zero attached hydrogens (tertiary/aromatic N) is 2. The highest BCUT2D eigenvalue weighted by atomic mass is 16.6. The largest absolute Gasteiger partial charge is 0.508 e. The zero-order valence-corrected chi connectivity index (χ0v) is 19.3. The summed E-state index contributed by atoms with van der Waals surface area (Å²) < 4.78 is 10.7. The Balaban J connectivity index is 1.44. The number of phenolic OH excluding ortho intramolecular Hbond substituents is 1. The van der Waals surface area contributed by atoms with E-state index in [0.29, 0.717) is 29.6 Å². The monoisotopic (exact) mass is 454 g/mol. The van der Waals surface area contributed by atoms with E-state index in [1.807, 2.05) is 39.8 Å². The lowest BCUT2D eigenvalue weighted by atomic mass is 9.93. The molecule has 0 aliphatic rings. The van der Waals surface area contributed by atoms with Crippen molar-refractivity contribution in [3.05, 3.63) is 53.6 Å². The minimum Gasteiger partial charge on any atom is -0.508 e. The Labute approximate surface area is 192 Å². The van der Waals surface area contributed by atoms with Crippen molar-refractivity contribution in [2.24, 2.45) is 5.41 Å². The Morgan fingerprint density at radius 2 is 1.70 bits per heavy atom. The molecule has 33 heavy (non-hydrogen) atoms. The average Bonchev–Trinajstić information content (AvgIpc) is 3.25. The van der Waals surface area contributed by atoms with Gasteiger partial charge >= 0.3 is 0 Å². The van der Waals surface area contributed by atoms with Crippen LogP contribution in [0, 0.1) is 5.41 Å². The summed E-state index contributed by atoms with van der Waals surface area (Å²) in [5, 5.41) is 22.6. The maximum Gasteiger partial charge on any atom is 0.251 e. The molecule has 2 aromatic carbocycles. The molecule has 0 aliphatic carbocycles. The molecule has 0 saturated heterocycles. The summed E-state index contributed by atoms with van der Waals surface area (Å²) >= 11 is 0. The van der Waals surface area contributed by atoms with Crippen LogP contribution in [0.2, 0.25) is 0 Å². The van der Waals surface area contributed by atoms with Crippen molar-refractivity contribution >= 4 is 22.8 Å². The topological polar surface area (TPSA) is 127 Å². The zero-order valence-electron chi connectivity index (χ0n) is 19.3. The SMILES string of the molecule is CC(C)(CNC(=O)c1ccc2nonc2c1)OCC(C)(C)C(=O)NCCc1ccc(O)cc1. The van der Waals surface area contributed by atoms with Crippen molar-refractivity contribution < 1.29 is 24.1 Å². The number of amides is 2. The predicted molar refractivity (Wildman–Crippen MR) is 123 cm³/mol. The van der Waals surface area contributed by atoms with E-state index in [0.717, 1.165) is 5.56 Å². The Morgan fingerprint density at radius 1 is 1.00 bits per heavy atom. The van der Waals surface area contributed by atoms with E-state index < -0.39 is 11.0 Å². The molecule has 0 fully saturated rings. The second kappa shape index (κ2) is 9.99. The van der Waals surface area contributed by atoms with E-state index >= 15 is 0 Å². The molecule has 3 N–H and O–H groups in total. The van der Waals surface area contributed by atoms with Crippen molar-refractivity contribution in [2.75, 3.05) is 19.7 Å². The van der Waals surface area contributed by atoms with Crippen LogP contribution < -0.4 is 10.6 Å². The summed E-state index contributed by atoms with van der Waals surface area (Å²) in [6, 6.07) is 11.8. The van der Waals surface area contributed by atoms with Gasteiger partial charge in [-0.1, -0.05) is 12.1 Å². The molecular weight excluding hydrogens is 424 g/mol. The lowest BCUT2D eigenvalue weighted by Gasteiger charge is -2.31. The number of benzene rings is 2. The van der Waals surface area contributed by atoms with Crippen LogP contribution in [0.25, 0.3) is 11.0 Å². The molecule has 1 aromatic heterocycles. The normalized spacial score (nSPS) is 12.0. The third-order valence-electron chi connectivity index (χ3n) is 5.26. The summed E-state index contributed by atoms with van der Waals surface area (Å²) in [6.07, 6.45) is 0.663. The number of rotatable bonds is 10. The Kier molecular flexibility index (Phi) is 7.33. The first kappa shape index (κ1) is 24.2. The summed E-state index contributed by atoms with van der Waals surface area (Å²) in [5.41, 5.74) is 1.13. The van der Waals surface area contributed by atoms with E-state index in [-0.39, 0.29) is 30.7 Å². The number of aromatic nitrogens is 2. The van der Waals surface area contributed by atoms with Gasteiger partial charge in [-0.15, -0.1) is 0 Å². The van der Waals surface area contributed by atoms with E-state index in [9.17, 15) is 14.7 Å². The number of ether oxygens (including phenoxy) is 1. The Bertz CT molecular complexity index is 1110. The van der Waals surface area contributed by atoms with Gasteiger partial charge in [-0.3, -0.25) is 9.59 Å². The highest BCUT2D eigenvalue weighted by Crippen LogP contribution is 2.20. The number of carbonyl (C=O) groups excluding carboxylic acids is 2. The van der Waals surface area contributed by atoms with E-state index in [2.05, 4.69) is 25.6 Å². The van der Waals surface area contributed by atoms with Gasteiger partial charge in [-0.2, -0.15) is 0 Å². The van der Waals surface area contributed by atoms with Crippen molar-refractivity contribution in [1.29, 1.82) is 0 Å².